The average molecular weight is 353 g/mol. The van der Waals surface area contributed by atoms with Crippen LogP contribution in [0.1, 0.15) is 31.7 Å². The van der Waals surface area contributed by atoms with Crippen molar-refractivity contribution in [2.45, 2.75) is 48.9 Å². The molecule has 5 bridgehead atoms. The van der Waals surface area contributed by atoms with Crippen molar-refractivity contribution in [3.63, 3.8) is 0 Å². The molecule has 6 atom stereocenters. The van der Waals surface area contributed by atoms with Gasteiger partial charge in [-0.1, -0.05) is 31.2 Å². The maximum atomic E-state index is 13.1. The van der Waals surface area contributed by atoms with Crippen LogP contribution in [0.25, 0.3) is 0 Å². The third kappa shape index (κ3) is 1.03. The number of quaternary nitrogens is 1. The Morgan fingerprint density at radius 3 is 2.96 bits per heavy atom. The number of anilines is 1. The highest BCUT2D eigenvalue weighted by molar-refractivity contribution is 5.87. The maximum absolute atomic E-state index is 13.1. The van der Waals surface area contributed by atoms with Gasteiger partial charge in [-0.3, -0.25) is 4.48 Å². The first-order chi connectivity index (χ1) is 12.5. The lowest BCUT2D eigenvalue weighted by Crippen LogP contribution is -2.77. The fourth-order valence-electron chi connectivity index (χ4n) is 8.45. The predicted octanol–water partition coefficient (Wildman–Crippen LogP) is 2.49. The van der Waals surface area contributed by atoms with E-state index >= 15 is 0 Å². The van der Waals surface area contributed by atoms with Crippen molar-refractivity contribution in [3.8, 4) is 0 Å². The number of benzene rings is 1. The van der Waals surface area contributed by atoms with E-state index in [1.54, 1.807) is 7.11 Å². The molecule has 136 valence electrons. The van der Waals surface area contributed by atoms with Crippen molar-refractivity contribution in [1.82, 2.24) is 0 Å². The van der Waals surface area contributed by atoms with Crippen LogP contribution in [-0.2, 0) is 14.9 Å². The van der Waals surface area contributed by atoms with Crippen LogP contribution < -0.4 is 5.32 Å². The minimum atomic E-state index is -0.955. The summed E-state index contributed by atoms with van der Waals surface area (Å²) < 4.78 is 6.94. The molecule has 1 spiro atoms. The SMILES string of the molecule is CC[C@]12C=CC[N+]34CC[C@@]5(c6ccccc6N[C@@]5(OC)[C@]3(C(=O)O)C1)[C@H]24. The lowest BCUT2D eigenvalue weighted by atomic mass is 9.51. The molecule has 1 unspecified atom stereocenters. The number of aliphatic carboxylic acids is 1. The normalized spacial score (nSPS) is 51.2. The fourth-order valence-corrected chi connectivity index (χ4v) is 8.45. The third-order valence-electron chi connectivity index (χ3n) is 8.88. The van der Waals surface area contributed by atoms with E-state index in [-0.39, 0.29) is 16.9 Å². The van der Waals surface area contributed by atoms with Crippen LogP contribution in [0.15, 0.2) is 36.4 Å². The Bertz CT molecular complexity index is 899. The number of hydrogen-bond donors (Lipinski definition) is 2. The molecule has 6 rings (SSSR count). The zero-order chi connectivity index (χ0) is 18.0. The molecular weight excluding hydrogens is 328 g/mol. The Labute approximate surface area is 153 Å². The molecule has 1 aromatic carbocycles. The number of ether oxygens (including phenoxy) is 1. The van der Waals surface area contributed by atoms with Crippen LogP contribution in [-0.4, -0.2) is 53.1 Å². The summed E-state index contributed by atoms with van der Waals surface area (Å²) in [5.74, 6) is -0.703. The number of nitrogens with one attached hydrogen (secondary N) is 1. The van der Waals surface area contributed by atoms with Crippen molar-refractivity contribution in [2.24, 2.45) is 5.41 Å². The van der Waals surface area contributed by atoms with E-state index in [2.05, 4.69) is 42.6 Å². The number of fused-ring (bicyclic) bond motifs is 2. The summed E-state index contributed by atoms with van der Waals surface area (Å²) in [5, 5.41) is 14.4. The number of hydrogen-bond acceptors (Lipinski definition) is 3. The molecule has 0 aromatic heterocycles. The molecule has 0 aliphatic carbocycles. The first-order valence-electron chi connectivity index (χ1n) is 9.71. The highest BCUT2D eigenvalue weighted by Gasteiger charge is 2.99. The molecule has 5 nitrogen and oxygen atoms in total. The average Bonchev–Trinajstić information content (AvgIpc) is 3.26. The van der Waals surface area contributed by atoms with Gasteiger partial charge in [-0.25, -0.2) is 4.79 Å². The molecule has 5 heterocycles. The number of para-hydroxylation sites is 1. The van der Waals surface area contributed by atoms with Gasteiger partial charge in [0, 0.05) is 31.1 Å². The Morgan fingerprint density at radius 2 is 2.23 bits per heavy atom. The van der Waals surface area contributed by atoms with Crippen LogP contribution >= 0.6 is 0 Å². The largest absolute Gasteiger partial charge is 0.476 e. The Hall–Kier alpha value is -1.85. The minimum absolute atomic E-state index is 0.0612. The van der Waals surface area contributed by atoms with E-state index < -0.39 is 17.2 Å². The molecule has 0 amide bonds. The van der Waals surface area contributed by atoms with Gasteiger partial charge in [-0.05, 0) is 24.1 Å². The zero-order valence-corrected chi connectivity index (χ0v) is 15.3. The maximum Gasteiger partial charge on any atom is 0.371 e. The van der Waals surface area contributed by atoms with Gasteiger partial charge in [0.1, 0.15) is 11.5 Å². The van der Waals surface area contributed by atoms with Gasteiger partial charge in [0.2, 0.25) is 11.3 Å². The number of carboxylic acid groups (broad SMARTS) is 1. The molecule has 0 radical (unpaired) electrons. The van der Waals surface area contributed by atoms with Gasteiger partial charge in [-0.15, -0.1) is 0 Å². The van der Waals surface area contributed by atoms with Crippen LogP contribution in [0, 0.1) is 5.41 Å². The lowest BCUT2D eigenvalue weighted by Gasteiger charge is -2.52. The minimum Gasteiger partial charge on any atom is -0.476 e. The smallest absolute Gasteiger partial charge is 0.371 e. The van der Waals surface area contributed by atoms with Crippen LogP contribution in [0.3, 0.4) is 0 Å². The molecule has 0 saturated carbocycles. The van der Waals surface area contributed by atoms with Crippen molar-refractivity contribution in [1.29, 1.82) is 0 Å². The quantitative estimate of drug-likeness (QED) is 0.647. The number of carbonyl (C=O) groups is 1. The van der Waals surface area contributed by atoms with Gasteiger partial charge in [0.25, 0.3) is 0 Å². The van der Waals surface area contributed by atoms with E-state index in [1.165, 1.54) is 5.56 Å². The molecule has 5 aliphatic heterocycles. The number of piperidine rings is 1. The molecule has 3 saturated heterocycles. The highest BCUT2D eigenvalue weighted by Crippen LogP contribution is 2.81. The fraction of sp³-hybridized carbons (Fsp3) is 0.571. The van der Waals surface area contributed by atoms with E-state index in [1.807, 2.05) is 6.07 Å². The lowest BCUT2D eigenvalue weighted by molar-refractivity contribution is -0.958. The van der Waals surface area contributed by atoms with Crippen molar-refractivity contribution in [2.75, 3.05) is 25.5 Å². The molecule has 5 heteroatoms. The Kier molecular flexibility index (Phi) is 2.36. The first kappa shape index (κ1) is 15.2. The summed E-state index contributed by atoms with van der Waals surface area (Å²) >= 11 is 0. The van der Waals surface area contributed by atoms with Crippen LogP contribution in [0.5, 0.6) is 0 Å². The van der Waals surface area contributed by atoms with Gasteiger partial charge in [-0.2, -0.15) is 0 Å². The van der Waals surface area contributed by atoms with Crippen molar-refractivity contribution in [3.05, 3.63) is 42.0 Å². The second kappa shape index (κ2) is 4.02. The van der Waals surface area contributed by atoms with Crippen LogP contribution in [0.2, 0.25) is 0 Å². The molecule has 3 fully saturated rings. The van der Waals surface area contributed by atoms with Crippen LogP contribution in [0.4, 0.5) is 5.69 Å². The van der Waals surface area contributed by atoms with Gasteiger partial charge < -0.3 is 15.2 Å². The summed E-state index contributed by atoms with van der Waals surface area (Å²) in [6.07, 6.45) is 7.22. The van der Waals surface area contributed by atoms with E-state index in [0.29, 0.717) is 10.9 Å². The molecule has 5 aliphatic rings. The van der Waals surface area contributed by atoms with Gasteiger partial charge in [0.15, 0.2) is 0 Å². The standard InChI is InChI=1S/C21H24N2O3/c1-3-18-9-6-11-23-12-10-19(16(18)23)14-7-4-5-8-15(14)22-21(19,26-2)20(23,13-18)17(24)25/h4-9,16,22H,3,10-13H2,1-2H3/p+1/t16-,18-,19+,20+,21-,23?/m0/s1. The summed E-state index contributed by atoms with van der Waals surface area (Å²) in [7, 11) is 1.71. The molecule has 1 aromatic rings. The van der Waals surface area contributed by atoms with Crippen molar-refractivity contribution < 1.29 is 19.1 Å². The predicted molar refractivity (Wildman–Crippen MR) is 96.7 cm³/mol. The summed E-state index contributed by atoms with van der Waals surface area (Å²) in [5.41, 5.74) is 0.153. The monoisotopic (exact) mass is 353 g/mol. The van der Waals surface area contributed by atoms with E-state index in [9.17, 15) is 9.90 Å². The van der Waals surface area contributed by atoms with E-state index in [4.69, 9.17) is 4.74 Å². The summed E-state index contributed by atoms with van der Waals surface area (Å²) in [6, 6.07) is 8.66. The van der Waals surface area contributed by atoms with Gasteiger partial charge >= 0.3 is 5.97 Å². The topological polar surface area (TPSA) is 58.6 Å². The summed E-state index contributed by atoms with van der Waals surface area (Å²) in [4.78, 5) is 13.1. The third-order valence-corrected chi connectivity index (χ3v) is 8.88. The first-order valence-corrected chi connectivity index (χ1v) is 9.71. The number of rotatable bonds is 3. The Morgan fingerprint density at radius 1 is 1.42 bits per heavy atom. The highest BCUT2D eigenvalue weighted by atomic mass is 16.5. The molecular formula is C21H25N2O3+. The molecule has 26 heavy (non-hydrogen) atoms. The number of methoxy groups -OCH3 is 1. The zero-order valence-electron chi connectivity index (χ0n) is 15.3. The number of nitrogens with zero attached hydrogens (tertiary/aromatic N) is 1. The second-order valence-electron chi connectivity index (χ2n) is 8.95. The van der Waals surface area contributed by atoms with Crippen molar-refractivity contribution >= 4 is 11.7 Å². The summed E-state index contributed by atoms with van der Waals surface area (Å²) in [6.45, 7) is 3.95. The number of carboxylic acids is 1. The second-order valence-corrected chi connectivity index (χ2v) is 8.95. The molecule has 2 N–H and O–H groups in total. The Balaban J connectivity index is 1.78. The van der Waals surface area contributed by atoms with E-state index in [0.717, 1.165) is 31.6 Å². The van der Waals surface area contributed by atoms with Gasteiger partial charge in [0.05, 0.1) is 13.1 Å².